The summed E-state index contributed by atoms with van der Waals surface area (Å²) < 4.78 is 32.0. The summed E-state index contributed by atoms with van der Waals surface area (Å²) in [4.78, 5) is 32.3. The number of fused-ring (bicyclic) bond motifs is 1. The minimum atomic E-state index is -1.53. The van der Waals surface area contributed by atoms with Crippen molar-refractivity contribution in [3.63, 3.8) is 0 Å². The first-order valence-electron chi connectivity index (χ1n) is 13.9. The Bertz CT molecular complexity index is 1800. The van der Waals surface area contributed by atoms with E-state index in [1.165, 1.54) is 37.3 Å². The van der Waals surface area contributed by atoms with Gasteiger partial charge in [-0.1, -0.05) is 62.2 Å². The molecule has 1 aromatic heterocycles. The van der Waals surface area contributed by atoms with Crippen LogP contribution < -0.4 is 10.6 Å². The molecule has 0 spiro atoms. The molecule has 12 heteroatoms. The average molecular weight is 643 g/mol. The summed E-state index contributed by atoms with van der Waals surface area (Å²) in [6, 6.07) is 11.4. The van der Waals surface area contributed by atoms with E-state index in [1.54, 1.807) is 18.2 Å². The molecule has 4 aromatic rings. The normalized spacial score (nSPS) is 21.9. The molecule has 1 aliphatic heterocycles. The van der Waals surface area contributed by atoms with Crippen molar-refractivity contribution in [1.29, 1.82) is 5.41 Å². The molecule has 0 radical (unpaired) electrons. The van der Waals surface area contributed by atoms with Crippen molar-refractivity contribution in [1.82, 2.24) is 15.3 Å². The van der Waals surface area contributed by atoms with Gasteiger partial charge in [-0.15, -0.1) is 0 Å². The summed E-state index contributed by atoms with van der Waals surface area (Å²) in [7, 11) is 0. The van der Waals surface area contributed by atoms with Gasteiger partial charge >= 0.3 is 5.97 Å². The molecule has 5 N–H and O–H groups in total. The number of carboxylic acid groups (broad SMARTS) is 1. The lowest BCUT2D eigenvalue weighted by Gasteiger charge is -2.42. The zero-order valence-corrected chi connectivity index (χ0v) is 25.9. The number of hydrogen-bond donors (Lipinski definition) is 5. The van der Waals surface area contributed by atoms with E-state index in [0.717, 1.165) is 6.07 Å². The van der Waals surface area contributed by atoms with Gasteiger partial charge in [-0.3, -0.25) is 4.79 Å². The highest BCUT2D eigenvalue weighted by Crippen LogP contribution is 2.53. The molecule has 3 aromatic carbocycles. The number of carboxylic acids is 1. The number of H-pyrrole nitrogens is 1. The predicted octanol–water partition coefficient (Wildman–Crippen LogP) is 7.32. The summed E-state index contributed by atoms with van der Waals surface area (Å²) >= 11 is 12.4. The molecule has 5 rings (SSSR count). The van der Waals surface area contributed by atoms with Gasteiger partial charge in [-0.25, -0.2) is 18.6 Å². The molecule has 0 aliphatic carbocycles. The standard InChI is InChI=1S/C32H31Cl2F2N5O3/c1-15(37)32(19-10-8-16(33)12-21(19)35)24(14-31(2,3)4)41-27(25(32)18-6-5-7-20(34)26(18)36)29(42)38-17-9-11-22-23(13-17)40-28(39-22)30(43)44/h5-13,24-25,27,37,41H,14H2,1-4H3,(H,38,42)(H,39,40)(H,43,44)/t24-,25-,27+,32-/m0/s1. The van der Waals surface area contributed by atoms with E-state index in [0.29, 0.717) is 23.1 Å². The maximum absolute atomic E-state index is 16.0. The number of nitrogens with zero attached hydrogens (tertiary/aromatic N) is 1. The maximum Gasteiger partial charge on any atom is 0.371 e. The Morgan fingerprint density at radius 3 is 2.48 bits per heavy atom. The number of benzene rings is 3. The van der Waals surface area contributed by atoms with Crippen molar-refractivity contribution in [3.8, 4) is 0 Å². The maximum atomic E-state index is 16.0. The SMILES string of the molecule is CC(=N)[C@]1(c2ccc(Cl)cc2F)[C@H](CC(C)(C)C)N[C@@H](C(=O)Nc2ccc3nc(C(=O)O)[nH]c3c2)[C@@H]1c1cccc(Cl)c1F. The molecule has 1 fully saturated rings. The van der Waals surface area contributed by atoms with Crippen LogP contribution in [0.25, 0.3) is 11.0 Å². The number of amides is 1. The summed E-state index contributed by atoms with van der Waals surface area (Å²) in [5.74, 6) is -4.61. The van der Waals surface area contributed by atoms with Crippen molar-refractivity contribution in [2.24, 2.45) is 5.41 Å². The highest BCUT2D eigenvalue weighted by atomic mass is 35.5. The first-order chi connectivity index (χ1) is 20.6. The van der Waals surface area contributed by atoms with Gasteiger partial charge in [0.1, 0.15) is 11.6 Å². The second-order valence-electron chi connectivity index (χ2n) is 12.3. The van der Waals surface area contributed by atoms with Crippen LogP contribution in [0.5, 0.6) is 0 Å². The number of aromatic nitrogens is 2. The van der Waals surface area contributed by atoms with Crippen molar-refractivity contribution < 1.29 is 23.5 Å². The summed E-state index contributed by atoms with van der Waals surface area (Å²) in [5.41, 5.74) is -0.592. The monoisotopic (exact) mass is 641 g/mol. The van der Waals surface area contributed by atoms with Crippen LogP contribution in [0.2, 0.25) is 10.0 Å². The molecule has 1 aliphatic rings. The smallest absolute Gasteiger partial charge is 0.371 e. The average Bonchev–Trinajstić information content (AvgIpc) is 3.49. The summed E-state index contributed by atoms with van der Waals surface area (Å²) in [5, 5.41) is 24.7. The fourth-order valence-electron chi connectivity index (χ4n) is 6.45. The zero-order chi connectivity index (χ0) is 32.1. The Kier molecular flexibility index (Phi) is 8.30. The number of aromatic amines is 1. The number of nitrogens with one attached hydrogen (secondary N) is 4. The second kappa shape index (κ2) is 11.6. The molecular weight excluding hydrogens is 611 g/mol. The van der Waals surface area contributed by atoms with Gasteiger partial charge in [0.15, 0.2) is 0 Å². The van der Waals surface area contributed by atoms with Crippen LogP contribution in [-0.2, 0) is 10.2 Å². The van der Waals surface area contributed by atoms with Gasteiger partial charge in [0.25, 0.3) is 0 Å². The number of hydrogen-bond acceptors (Lipinski definition) is 5. The van der Waals surface area contributed by atoms with E-state index in [2.05, 4.69) is 20.6 Å². The van der Waals surface area contributed by atoms with Crippen LogP contribution in [0.15, 0.2) is 54.6 Å². The lowest BCUT2D eigenvalue weighted by molar-refractivity contribution is -0.118. The Morgan fingerprint density at radius 1 is 1.11 bits per heavy atom. The summed E-state index contributed by atoms with van der Waals surface area (Å²) in [6.07, 6.45) is 0.395. The number of carbonyl (C=O) groups excluding carboxylic acids is 1. The van der Waals surface area contributed by atoms with Gasteiger partial charge < -0.3 is 26.1 Å². The van der Waals surface area contributed by atoms with Crippen LogP contribution in [-0.4, -0.2) is 44.7 Å². The topological polar surface area (TPSA) is 131 Å². The first kappa shape index (κ1) is 31.6. The molecule has 0 bridgehead atoms. The second-order valence-corrected chi connectivity index (χ2v) is 13.2. The third kappa shape index (κ3) is 5.58. The molecule has 230 valence electrons. The number of carbonyl (C=O) groups is 2. The fourth-order valence-corrected chi connectivity index (χ4v) is 6.80. The molecule has 4 atom stereocenters. The van der Waals surface area contributed by atoms with Crippen molar-refractivity contribution >= 4 is 57.5 Å². The Labute approximate surface area is 262 Å². The third-order valence-electron chi connectivity index (χ3n) is 8.12. The van der Waals surface area contributed by atoms with E-state index < -0.39 is 46.9 Å². The van der Waals surface area contributed by atoms with Crippen LogP contribution in [0.3, 0.4) is 0 Å². The predicted molar refractivity (Wildman–Crippen MR) is 167 cm³/mol. The number of anilines is 1. The van der Waals surface area contributed by atoms with Gasteiger partial charge in [-0.05, 0) is 60.7 Å². The summed E-state index contributed by atoms with van der Waals surface area (Å²) in [6.45, 7) is 7.51. The van der Waals surface area contributed by atoms with E-state index in [9.17, 15) is 14.7 Å². The van der Waals surface area contributed by atoms with E-state index in [-0.39, 0.29) is 38.1 Å². The lowest BCUT2D eigenvalue weighted by atomic mass is 9.59. The van der Waals surface area contributed by atoms with Crippen LogP contribution in [0, 0.1) is 22.5 Å². The molecule has 44 heavy (non-hydrogen) atoms. The van der Waals surface area contributed by atoms with E-state index >= 15 is 8.78 Å². The number of halogens is 4. The third-order valence-corrected chi connectivity index (χ3v) is 8.65. The van der Waals surface area contributed by atoms with Gasteiger partial charge in [-0.2, -0.15) is 0 Å². The zero-order valence-electron chi connectivity index (χ0n) is 24.4. The minimum absolute atomic E-state index is 0.0280. The van der Waals surface area contributed by atoms with Crippen LogP contribution in [0.1, 0.15) is 61.8 Å². The van der Waals surface area contributed by atoms with Gasteiger partial charge in [0.2, 0.25) is 11.7 Å². The van der Waals surface area contributed by atoms with E-state index in [1.807, 2.05) is 20.8 Å². The molecule has 1 amide bonds. The van der Waals surface area contributed by atoms with Crippen molar-refractivity contribution in [2.45, 2.75) is 57.5 Å². The Hall–Kier alpha value is -3.86. The highest BCUT2D eigenvalue weighted by molar-refractivity contribution is 6.31. The molecular formula is C32H31Cl2F2N5O3. The molecule has 8 nitrogen and oxygen atoms in total. The van der Waals surface area contributed by atoms with Gasteiger partial charge in [0, 0.05) is 33.9 Å². The number of imidazole rings is 1. The van der Waals surface area contributed by atoms with Crippen LogP contribution >= 0.6 is 23.2 Å². The molecule has 0 saturated carbocycles. The molecule has 1 saturated heterocycles. The minimum Gasteiger partial charge on any atom is -0.475 e. The van der Waals surface area contributed by atoms with Crippen molar-refractivity contribution in [3.05, 3.63) is 93.2 Å². The first-order valence-corrected chi connectivity index (χ1v) is 14.6. The number of rotatable bonds is 7. The quantitative estimate of drug-likeness (QED) is 0.135. The highest BCUT2D eigenvalue weighted by Gasteiger charge is 2.61. The lowest BCUT2D eigenvalue weighted by Crippen LogP contribution is -2.50. The Balaban J connectivity index is 1.70. The Morgan fingerprint density at radius 2 is 1.84 bits per heavy atom. The molecule has 2 heterocycles. The van der Waals surface area contributed by atoms with Crippen LogP contribution in [0.4, 0.5) is 14.5 Å². The van der Waals surface area contributed by atoms with Gasteiger partial charge in [0.05, 0.1) is 27.5 Å². The number of aromatic carboxylic acids is 1. The largest absolute Gasteiger partial charge is 0.475 e. The fraction of sp³-hybridized carbons (Fsp3) is 0.312. The van der Waals surface area contributed by atoms with E-state index in [4.69, 9.17) is 28.6 Å². The molecule has 0 unspecified atom stereocenters. The van der Waals surface area contributed by atoms with Crippen molar-refractivity contribution in [2.75, 3.05) is 5.32 Å².